The first-order valence-electron chi connectivity index (χ1n) is 4.96. The van der Waals surface area contributed by atoms with Gasteiger partial charge in [0, 0.05) is 18.3 Å². The Kier molecular flexibility index (Phi) is 4.17. The molecular weight excluding hydrogens is 206 g/mol. The molecule has 4 N–H and O–H groups in total. The Morgan fingerprint density at radius 1 is 1.62 bits per heavy atom. The topological polar surface area (TPSA) is 108 Å². The molecule has 16 heavy (non-hydrogen) atoms. The van der Waals surface area contributed by atoms with Crippen molar-refractivity contribution in [3.63, 3.8) is 0 Å². The zero-order valence-corrected chi connectivity index (χ0v) is 9.31. The maximum atomic E-state index is 9.20. The van der Waals surface area contributed by atoms with Crippen LogP contribution in [0.4, 0.5) is 5.95 Å². The molecule has 2 unspecified atom stereocenters. The SMILES string of the molecule is Cc1cc(C#N)nc(NCC(N)C(C)O)n1. The third-order valence-corrected chi connectivity index (χ3v) is 2.08. The standard InChI is InChI=1S/C10H15N5O/c1-6-3-8(4-11)15-10(14-6)13-5-9(12)7(2)16/h3,7,9,16H,5,12H2,1-2H3,(H,13,14,15). The van der Waals surface area contributed by atoms with E-state index in [1.54, 1.807) is 19.9 Å². The number of nitriles is 1. The van der Waals surface area contributed by atoms with Crippen LogP contribution in [0.25, 0.3) is 0 Å². The summed E-state index contributed by atoms with van der Waals surface area (Å²) in [4.78, 5) is 8.07. The summed E-state index contributed by atoms with van der Waals surface area (Å²) in [7, 11) is 0. The van der Waals surface area contributed by atoms with Crippen LogP contribution in [0.1, 0.15) is 18.3 Å². The van der Waals surface area contributed by atoms with Crippen LogP contribution >= 0.6 is 0 Å². The second kappa shape index (κ2) is 5.39. The Morgan fingerprint density at radius 2 is 2.31 bits per heavy atom. The summed E-state index contributed by atoms with van der Waals surface area (Å²) in [5.74, 6) is 0.354. The Balaban J connectivity index is 2.68. The van der Waals surface area contributed by atoms with Gasteiger partial charge >= 0.3 is 0 Å². The first-order valence-corrected chi connectivity index (χ1v) is 4.96. The molecule has 6 heteroatoms. The van der Waals surface area contributed by atoms with E-state index in [-0.39, 0.29) is 0 Å². The van der Waals surface area contributed by atoms with Gasteiger partial charge in [-0.15, -0.1) is 0 Å². The zero-order chi connectivity index (χ0) is 12.1. The van der Waals surface area contributed by atoms with E-state index in [1.807, 2.05) is 6.07 Å². The van der Waals surface area contributed by atoms with Gasteiger partial charge in [0.1, 0.15) is 11.8 Å². The zero-order valence-electron chi connectivity index (χ0n) is 9.31. The molecule has 0 aliphatic heterocycles. The predicted octanol–water partition coefficient (Wildman–Crippen LogP) is -0.223. The fourth-order valence-electron chi connectivity index (χ4n) is 1.08. The van der Waals surface area contributed by atoms with Crippen molar-refractivity contribution < 1.29 is 5.11 Å². The number of hydrogen-bond acceptors (Lipinski definition) is 6. The Labute approximate surface area is 94.1 Å². The van der Waals surface area contributed by atoms with E-state index in [0.717, 1.165) is 0 Å². The summed E-state index contributed by atoms with van der Waals surface area (Å²) in [6.45, 7) is 3.75. The van der Waals surface area contributed by atoms with Crippen molar-refractivity contribution in [1.29, 1.82) is 5.26 Å². The highest BCUT2D eigenvalue weighted by atomic mass is 16.3. The van der Waals surface area contributed by atoms with Gasteiger partial charge in [-0.3, -0.25) is 0 Å². The van der Waals surface area contributed by atoms with Gasteiger partial charge in [0.05, 0.1) is 6.10 Å². The highest BCUT2D eigenvalue weighted by Crippen LogP contribution is 2.04. The molecule has 6 nitrogen and oxygen atoms in total. The first kappa shape index (κ1) is 12.4. The number of rotatable bonds is 4. The average Bonchev–Trinajstić information content (AvgIpc) is 2.24. The van der Waals surface area contributed by atoms with Crippen molar-refractivity contribution in [2.75, 3.05) is 11.9 Å². The van der Waals surface area contributed by atoms with Crippen LogP contribution in [0.2, 0.25) is 0 Å². The van der Waals surface area contributed by atoms with Crippen LogP contribution in [0.3, 0.4) is 0 Å². The summed E-state index contributed by atoms with van der Waals surface area (Å²) in [5.41, 5.74) is 6.65. The lowest BCUT2D eigenvalue weighted by atomic mass is 10.2. The largest absolute Gasteiger partial charge is 0.392 e. The molecule has 0 amide bonds. The Morgan fingerprint density at radius 3 is 2.88 bits per heavy atom. The van der Waals surface area contributed by atoms with Crippen LogP contribution in [-0.4, -0.2) is 33.8 Å². The quantitative estimate of drug-likeness (QED) is 0.648. The van der Waals surface area contributed by atoms with Crippen LogP contribution in [0, 0.1) is 18.3 Å². The number of aryl methyl sites for hydroxylation is 1. The number of nitrogens with two attached hydrogens (primary N) is 1. The molecule has 0 bridgehead atoms. The van der Waals surface area contributed by atoms with Crippen molar-refractivity contribution >= 4 is 5.95 Å². The van der Waals surface area contributed by atoms with E-state index >= 15 is 0 Å². The fraction of sp³-hybridized carbons (Fsp3) is 0.500. The molecule has 1 heterocycles. The summed E-state index contributed by atoms with van der Waals surface area (Å²) >= 11 is 0. The van der Waals surface area contributed by atoms with Crippen LogP contribution in [-0.2, 0) is 0 Å². The van der Waals surface area contributed by atoms with Crippen molar-refractivity contribution in [2.45, 2.75) is 26.0 Å². The molecule has 86 valence electrons. The van der Waals surface area contributed by atoms with Gasteiger partial charge in [-0.05, 0) is 19.9 Å². The van der Waals surface area contributed by atoms with Crippen LogP contribution < -0.4 is 11.1 Å². The molecular formula is C10H15N5O. The highest BCUT2D eigenvalue weighted by Gasteiger charge is 2.09. The van der Waals surface area contributed by atoms with Crippen molar-refractivity contribution in [2.24, 2.45) is 5.73 Å². The third kappa shape index (κ3) is 3.46. The van der Waals surface area contributed by atoms with Crippen molar-refractivity contribution in [3.05, 3.63) is 17.5 Å². The number of aromatic nitrogens is 2. The van der Waals surface area contributed by atoms with E-state index in [4.69, 9.17) is 11.0 Å². The molecule has 2 atom stereocenters. The number of nitrogens with one attached hydrogen (secondary N) is 1. The van der Waals surface area contributed by atoms with Gasteiger partial charge < -0.3 is 16.2 Å². The summed E-state index contributed by atoms with van der Waals surface area (Å²) in [6, 6.07) is 3.15. The maximum absolute atomic E-state index is 9.20. The van der Waals surface area contributed by atoms with Crippen LogP contribution in [0.15, 0.2) is 6.07 Å². The molecule has 0 saturated carbocycles. The van der Waals surface area contributed by atoms with Gasteiger partial charge in [-0.1, -0.05) is 0 Å². The Bertz CT molecular complexity index is 399. The molecule has 1 aromatic rings. The van der Waals surface area contributed by atoms with Gasteiger partial charge in [-0.25, -0.2) is 9.97 Å². The number of nitrogens with zero attached hydrogens (tertiary/aromatic N) is 3. The molecule has 0 spiro atoms. The molecule has 0 aliphatic rings. The van der Waals surface area contributed by atoms with Gasteiger partial charge in [0.25, 0.3) is 0 Å². The van der Waals surface area contributed by atoms with Crippen molar-refractivity contribution in [3.8, 4) is 6.07 Å². The second-order valence-corrected chi connectivity index (χ2v) is 3.62. The molecule has 0 radical (unpaired) electrons. The maximum Gasteiger partial charge on any atom is 0.224 e. The number of aliphatic hydroxyl groups is 1. The lowest BCUT2D eigenvalue weighted by Gasteiger charge is -2.15. The highest BCUT2D eigenvalue weighted by molar-refractivity contribution is 5.33. The van der Waals surface area contributed by atoms with Crippen molar-refractivity contribution in [1.82, 2.24) is 9.97 Å². The number of aliphatic hydroxyl groups excluding tert-OH is 1. The van der Waals surface area contributed by atoms with E-state index in [1.165, 1.54) is 0 Å². The third-order valence-electron chi connectivity index (χ3n) is 2.08. The molecule has 0 fully saturated rings. The normalized spacial score (nSPS) is 13.9. The van der Waals surface area contributed by atoms with E-state index in [9.17, 15) is 5.11 Å². The predicted molar refractivity (Wildman–Crippen MR) is 59.6 cm³/mol. The summed E-state index contributed by atoms with van der Waals surface area (Å²) in [6.07, 6.45) is -0.604. The average molecular weight is 221 g/mol. The van der Waals surface area contributed by atoms with Crippen LogP contribution in [0.5, 0.6) is 0 Å². The first-order chi connectivity index (χ1) is 7.52. The van der Waals surface area contributed by atoms with Gasteiger partial charge in [0.15, 0.2) is 0 Å². The second-order valence-electron chi connectivity index (χ2n) is 3.62. The summed E-state index contributed by atoms with van der Waals surface area (Å²) in [5, 5.41) is 20.8. The number of hydrogen-bond donors (Lipinski definition) is 3. The van der Waals surface area contributed by atoms with E-state index in [0.29, 0.717) is 23.9 Å². The molecule has 0 aliphatic carbocycles. The van der Waals surface area contributed by atoms with E-state index in [2.05, 4.69) is 15.3 Å². The Hall–Kier alpha value is -1.71. The smallest absolute Gasteiger partial charge is 0.224 e. The monoisotopic (exact) mass is 221 g/mol. The minimum absolute atomic E-state index is 0.306. The lowest BCUT2D eigenvalue weighted by Crippen LogP contribution is -2.39. The van der Waals surface area contributed by atoms with E-state index < -0.39 is 12.1 Å². The minimum atomic E-state index is -0.604. The molecule has 0 saturated heterocycles. The molecule has 1 aromatic heterocycles. The fourth-order valence-corrected chi connectivity index (χ4v) is 1.08. The molecule has 1 rings (SSSR count). The van der Waals surface area contributed by atoms with Gasteiger partial charge in [0.2, 0.25) is 5.95 Å². The van der Waals surface area contributed by atoms with Gasteiger partial charge in [-0.2, -0.15) is 5.26 Å². The summed E-state index contributed by atoms with van der Waals surface area (Å²) < 4.78 is 0. The molecule has 0 aromatic carbocycles. The lowest BCUT2D eigenvalue weighted by molar-refractivity contribution is 0.168. The number of anilines is 1. The minimum Gasteiger partial charge on any atom is -0.392 e.